The van der Waals surface area contributed by atoms with Gasteiger partial charge in [-0.2, -0.15) is 5.10 Å². The normalized spacial score (nSPS) is 18.4. The molecule has 100 valence electrons. The maximum atomic E-state index is 4.38. The van der Waals surface area contributed by atoms with Gasteiger partial charge in [0.05, 0.1) is 11.9 Å². The molecule has 0 radical (unpaired) electrons. The minimum absolute atomic E-state index is 0.419. The highest BCUT2D eigenvalue weighted by atomic mass is 15.3. The molecule has 1 N–H and O–H groups in total. The molecule has 19 heavy (non-hydrogen) atoms. The van der Waals surface area contributed by atoms with Crippen molar-refractivity contribution in [3.05, 3.63) is 47.8 Å². The van der Waals surface area contributed by atoms with Crippen molar-refractivity contribution < 1.29 is 0 Å². The van der Waals surface area contributed by atoms with E-state index in [0.717, 1.165) is 12.1 Å². The first-order valence-corrected chi connectivity index (χ1v) is 7.10. The van der Waals surface area contributed by atoms with Crippen molar-refractivity contribution in [3.63, 3.8) is 0 Å². The molecule has 1 aliphatic rings. The predicted octanol–water partition coefficient (Wildman–Crippen LogP) is 3.43. The van der Waals surface area contributed by atoms with Crippen LogP contribution in [0.5, 0.6) is 0 Å². The minimum Gasteiger partial charge on any atom is -0.379 e. The van der Waals surface area contributed by atoms with Crippen molar-refractivity contribution in [2.24, 2.45) is 0 Å². The molecular weight excluding hydrogens is 234 g/mol. The third-order valence-corrected chi connectivity index (χ3v) is 3.85. The number of hydrogen-bond acceptors (Lipinski definition) is 2. The first kappa shape index (κ1) is 12.3. The van der Waals surface area contributed by atoms with Crippen LogP contribution in [0.1, 0.15) is 37.4 Å². The van der Waals surface area contributed by atoms with Crippen LogP contribution in [0.3, 0.4) is 0 Å². The Bertz CT molecular complexity index is 557. The van der Waals surface area contributed by atoms with Crippen LogP contribution in [0, 0.1) is 0 Å². The Balaban J connectivity index is 1.68. The second kappa shape index (κ2) is 5.08. The Hall–Kier alpha value is -1.77. The molecule has 1 aliphatic carbocycles. The molecule has 0 amide bonds. The number of hydrogen-bond donors (Lipinski definition) is 1. The standard InChI is InChI=1S/C16H21N3/c1-12(2)19-11-16(10-17-19)18-15-8-7-13-5-3-4-6-14(13)9-15/h3-6,10-12,15,18H,7-9H2,1-2H3. The minimum atomic E-state index is 0.419. The molecule has 1 heterocycles. The van der Waals surface area contributed by atoms with Gasteiger partial charge < -0.3 is 5.32 Å². The van der Waals surface area contributed by atoms with Crippen LogP contribution < -0.4 is 5.32 Å². The molecule has 3 heteroatoms. The van der Waals surface area contributed by atoms with Crippen LogP contribution in [0.25, 0.3) is 0 Å². The number of aromatic nitrogens is 2. The largest absolute Gasteiger partial charge is 0.379 e. The molecule has 0 aliphatic heterocycles. The van der Waals surface area contributed by atoms with Crippen molar-refractivity contribution in [2.45, 2.75) is 45.2 Å². The molecule has 3 rings (SSSR count). The maximum absolute atomic E-state index is 4.38. The fraction of sp³-hybridized carbons (Fsp3) is 0.438. The van der Waals surface area contributed by atoms with E-state index in [2.05, 4.69) is 54.7 Å². The van der Waals surface area contributed by atoms with E-state index in [9.17, 15) is 0 Å². The van der Waals surface area contributed by atoms with E-state index in [-0.39, 0.29) is 0 Å². The fourth-order valence-corrected chi connectivity index (χ4v) is 2.75. The summed E-state index contributed by atoms with van der Waals surface area (Å²) in [4.78, 5) is 0. The predicted molar refractivity (Wildman–Crippen MR) is 78.5 cm³/mol. The molecule has 2 aromatic rings. The van der Waals surface area contributed by atoms with Gasteiger partial charge in [0.25, 0.3) is 0 Å². The summed E-state index contributed by atoms with van der Waals surface area (Å²) in [5.74, 6) is 0. The van der Waals surface area contributed by atoms with Crippen molar-refractivity contribution in [1.82, 2.24) is 9.78 Å². The van der Waals surface area contributed by atoms with E-state index in [1.165, 1.54) is 24.0 Å². The number of benzene rings is 1. The summed E-state index contributed by atoms with van der Waals surface area (Å²) >= 11 is 0. The van der Waals surface area contributed by atoms with Gasteiger partial charge in [-0.15, -0.1) is 0 Å². The first-order valence-electron chi connectivity index (χ1n) is 7.10. The number of fused-ring (bicyclic) bond motifs is 1. The van der Waals surface area contributed by atoms with E-state index >= 15 is 0 Å². The molecule has 0 bridgehead atoms. The Kier molecular flexibility index (Phi) is 3.28. The Morgan fingerprint density at radius 1 is 1.26 bits per heavy atom. The monoisotopic (exact) mass is 255 g/mol. The zero-order valence-corrected chi connectivity index (χ0v) is 11.6. The smallest absolute Gasteiger partial charge is 0.0728 e. The zero-order valence-electron chi connectivity index (χ0n) is 11.6. The molecule has 0 saturated heterocycles. The summed E-state index contributed by atoms with van der Waals surface area (Å²) < 4.78 is 2.00. The maximum Gasteiger partial charge on any atom is 0.0728 e. The van der Waals surface area contributed by atoms with Crippen LogP contribution in [0.2, 0.25) is 0 Å². The lowest BCUT2D eigenvalue weighted by Gasteiger charge is -2.25. The van der Waals surface area contributed by atoms with E-state index in [1.807, 2.05) is 10.9 Å². The lowest BCUT2D eigenvalue weighted by Crippen LogP contribution is -2.27. The van der Waals surface area contributed by atoms with Crippen molar-refractivity contribution in [2.75, 3.05) is 5.32 Å². The van der Waals surface area contributed by atoms with Gasteiger partial charge in [-0.05, 0) is 44.2 Å². The van der Waals surface area contributed by atoms with Crippen LogP contribution in [0.4, 0.5) is 5.69 Å². The molecule has 0 fully saturated rings. The van der Waals surface area contributed by atoms with Gasteiger partial charge >= 0.3 is 0 Å². The van der Waals surface area contributed by atoms with Crippen LogP contribution in [-0.4, -0.2) is 15.8 Å². The number of nitrogens with one attached hydrogen (secondary N) is 1. The van der Waals surface area contributed by atoms with Crippen molar-refractivity contribution in [1.29, 1.82) is 0 Å². The summed E-state index contributed by atoms with van der Waals surface area (Å²) in [6.07, 6.45) is 7.52. The summed E-state index contributed by atoms with van der Waals surface area (Å²) in [5.41, 5.74) is 4.14. The third-order valence-electron chi connectivity index (χ3n) is 3.85. The summed E-state index contributed by atoms with van der Waals surface area (Å²) in [6.45, 7) is 4.29. The van der Waals surface area contributed by atoms with E-state index in [4.69, 9.17) is 0 Å². The highest BCUT2D eigenvalue weighted by Gasteiger charge is 2.18. The summed E-state index contributed by atoms with van der Waals surface area (Å²) in [5, 5.41) is 7.99. The van der Waals surface area contributed by atoms with Crippen molar-refractivity contribution >= 4 is 5.69 Å². The van der Waals surface area contributed by atoms with Crippen LogP contribution >= 0.6 is 0 Å². The third kappa shape index (κ3) is 2.65. The Morgan fingerprint density at radius 2 is 2.05 bits per heavy atom. The molecule has 0 spiro atoms. The number of nitrogens with zero attached hydrogens (tertiary/aromatic N) is 2. The quantitative estimate of drug-likeness (QED) is 0.910. The fourth-order valence-electron chi connectivity index (χ4n) is 2.75. The molecule has 1 atom stereocenters. The van der Waals surface area contributed by atoms with Gasteiger partial charge in [-0.25, -0.2) is 0 Å². The summed E-state index contributed by atoms with van der Waals surface area (Å²) in [7, 11) is 0. The van der Waals surface area contributed by atoms with Gasteiger partial charge in [0.1, 0.15) is 0 Å². The zero-order chi connectivity index (χ0) is 13.2. The number of anilines is 1. The van der Waals surface area contributed by atoms with Crippen LogP contribution in [-0.2, 0) is 12.8 Å². The molecule has 3 nitrogen and oxygen atoms in total. The molecular formula is C16H21N3. The van der Waals surface area contributed by atoms with Crippen LogP contribution in [0.15, 0.2) is 36.7 Å². The van der Waals surface area contributed by atoms with Gasteiger partial charge in [-0.1, -0.05) is 24.3 Å². The molecule has 0 saturated carbocycles. The van der Waals surface area contributed by atoms with Gasteiger partial charge in [0.15, 0.2) is 0 Å². The van der Waals surface area contributed by atoms with Crippen molar-refractivity contribution in [3.8, 4) is 0 Å². The topological polar surface area (TPSA) is 29.9 Å². The van der Waals surface area contributed by atoms with Gasteiger partial charge in [0.2, 0.25) is 0 Å². The number of aryl methyl sites for hydroxylation is 1. The van der Waals surface area contributed by atoms with Gasteiger partial charge in [-0.3, -0.25) is 4.68 Å². The second-order valence-corrected chi connectivity index (χ2v) is 5.66. The number of rotatable bonds is 3. The molecule has 1 aromatic carbocycles. The Morgan fingerprint density at radius 3 is 2.79 bits per heavy atom. The first-order chi connectivity index (χ1) is 9.22. The lowest BCUT2D eigenvalue weighted by molar-refractivity contribution is 0.532. The molecule has 1 unspecified atom stereocenters. The average Bonchev–Trinajstić information content (AvgIpc) is 2.87. The second-order valence-electron chi connectivity index (χ2n) is 5.66. The molecule has 1 aromatic heterocycles. The summed E-state index contributed by atoms with van der Waals surface area (Å²) in [6, 6.07) is 9.72. The Labute approximate surface area is 114 Å². The van der Waals surface area contributed by atoms with E-state index in [1.54, 1.807) is 0 Å². The highest BCUT2D eigenvalue weighted by Crippen LogP contribution is 2.23. The highest BCUT2D eigenvalue weighted by molar-refractivity contribution is 5.41. The average molecular weight is 255 g/mol. The van der Waals surface area contributed by atoms with Gasteiger partial charge in [0, 0.05) is 18.3 Å². The lowest BCUT2D eigenvalue weighted by atomic mass is 9.88. The SMILES string of the molecule is CC(C)n1cc(NC2CCc3ccccc3C2)cn1. The van der Waals surface area contributed by atoms with E-state index < -0.39 is 0 Å². The van der Waals surface area contributed by atoms with E-state index in [0.29, 0.717) is 12.1 Å².